The predicted molar refractivity (Wildman–Crippen MR) is 71.7 cm³/mol. The van der Waals surface area contributed by atoms with Crippen LogP contribution in [0.15, 0.2) is 6.20 Å². The van der Waals surface area contributed by atoms with Crippen LogP contribution < -0.4 is 5.73 Å². The minimum atomic E-state index is -0.0362. The molecule has 2 heterocycles. The highest BCUT2D eigenvalue weighted by molar-refractivity contribution is 5.92. The molecule has 1 unspecified atom stereocenters. The van der Waals surface area contributed by atoms with Crippen LogP contribution >= 0.6 is 0 Å². The van der Waals surface area contributed by atoms with Gasteiger partial charge >= 0.3 is 0 Å². The molecule has 106 valence electrons. The highest BCUT2D eigenvalue weighted by atomic mass is 16.2. The van der Waals surface area contributed by atoms with Crippen LogP contribution in [0.25, 0.3) is 0 Å². The highest BCUT2D eigenvalue weighted by Crippen LogP contribution is 2.11. The van der Waals surface area contributed by atoms with Crippen molar-refractivity contribution in [3.05, 3.63) is 11.9 Å². The van der Waals surface area contributed by atoms with Gasteiger partial charge in [0.15, 0.2) is 5.69 Å². The SMILES string of the molecule is CCN1CCN(C(=O)c2cn(CCN)nn2)CC1C. The molecular formula is C12H22N6O. The monoisotopic (exact) mass is 266 g/mol. The van der Waals surface area contributed by atoms with Gasteiger partial charge in [0, 0.05) is 32.2 Å². The van der Waals surface area contributed by atoms with Gasteiger partial charge < -0.3 is 10.6 Å². The van der Waals surface area contributed by atoms with Crippen LogP contribution in [0.1, 0.15) is 24.3 Å². The first-order valence-electron chi connectivity index (χ1n) is 6.79. The van der Waals surface area contributed by atoms with E-state index < -0.39 is 0 Å². The van der Waals surface area contributed by atoms with Gasteiger partial charge in [-0.15, -0.1) is 5.10 Å². The third-order valence-electron chi connectivity index (χ3n) is 3.57. The first kappa shape index (κ1) is 14.0. The van der Waals surface area contributed by atoms with Gasteiger partial charge in [-0.1, -0.05) is 12.1 Å². The van der Waals surface area contributed by atoms with Crippen LogP contribution in [-0.2, 0) is 6.54 Å². The fraction of sp³-hybridized carbons (Fsp3) is 0.750. The molecule has 0 saturated carbocycles. The standard InChI is InChI=1S/C12H22N6O/c1-3-16-6-7-17(8-10(16)2)12(19)11-9-18(5-4-13)15-14-11/h9-10H,3-8,13H2,1-2H3. The second kappa shape index (κ2) is 6.12. The Hall–Kier alpha value is -1.47. The predicted octanol–water partition coefficient (Wildman–Crippen LogP) is -0.597. The molecule has 1 fully saturated rings. The molecule has 2 rings (SSSR count). The normalized spacial score (nSPS) is 20.8. The van der Waals surface area contributed by atoms with Crippen molar-refractivity contribution < 1.29 is 4.79 Å². The molecule has 0 aliphatic carbocycles. The second-order valence-corrected chi connectivity index (χ2v) is 4.88. The molecule has 1 amide bonds. The Morgan fingerprint density at radius 2 is 2.32 bits per heavy atom. The van der Waals surface area contributed by atoms with Gasteiger partial charge in [0.05, 0.1) is 12.7 Å². The van der Waals surface area contributed by atoms with Crippen LogP contribution in [0.4, 0.5) is 0 Å². The minimum absolute atomic E-state index is 0.0362. The Morgan fingerprint density at radius 1 is 1.53 bits per heavy atom. The summed E-state index contributed by atoms with van der Waals surface area (Å²) in [5, 5.41) is 7.83. The lowest BCUT2D eigenvalue weighted by Crippen LogP contribution is -2.53. The molecule has 7 heteroatoms. The third-order valence-corrected chi connectivity index (χ3v) is 3.57. The molecule has 0 spiro atoms. The van der Waals surface area contributed by atoms with Crippen LogP contribution in [0.3, 0.4) is 0 Å². The third kappa shape index (κ3) is 3.10. The fourth-order valence-electron chi connectivity index (χ4n) is 2.45. The van der Waals surface area contributed by atoms with E-state index in [2.05, 4.69) is 29.1 Å². The van der Waals surface area contributed by atoms with Gasteiger partial charge in [-0.3, -0.25) is 14.4 Å². The number of aromatic nitrogens is 3. The fourth-order valence-corrected chi connectivity index (χ4v) is 2.45. The molecule has 0 aromatic carbocycles. The Kier molecular flexibility index (Phi) is 4.49. The first-order chi connectivity index (χ1) is 9.15. The van der Waals surface area contributed by atoms with E-state index in [0.29, 0.717) is 24.8 Å². The number of piperazine rings is 1. The average molecular weight is 266 g/mol. The van der Waals surface area contributed by atoms with E-state index in [0.717, 1.165) is 26.2 Å². The maximum atomic E-state index is 12.3. The smallest absolute Gasteiger partial charge is 0.276 e. The van der Waals surface area contributed by atoms with Crippen molar-refractivity contribution in [2.75, 3.05) is 32.7 Å². The van der Waals surface area contributed by atoms with Crippen LogP contribution in [-0.4, -0.2) is 69.5 Å². The van der Waals surface area contributed by atoms with E-state index in [1.807, 2.05) is 4.90 Å². The lowest BCUT2D eigenvalue weighted by atomic mass is 10.2. The number of nitrogens with two attached hydrogens (primary N) is 1. The van der Waals surface area contributed by atoms with Crippen LogP contribution in [0.2, 0.25) is 0 Å². The summed E-state index contributed by atoms with van der Waals surface area (Å²) in [7, 11) is 0. The summed E-state index contributed by atoms with van der Waals surface area (Å²) in [6.45, 7) is 8.80. The summed E-state index contributed by atoms with van der Waals surface area (Å²) in [4.78, 5) is 16.5. The molecule has 19 heavy (non-hydrogen) atoms. The lowest BCUT2D eigenvalue weighted by molar-refractivity contribution is 0.0523. The minimum Gasteiger partial charge on any atom is -0.334 e. The maximum Gasteiger partial charge on any atom is 0.276 e. The number of rotatable bonds is 4. The van der Waals surface area contributed by atoms with E-state index >= 15 is 0 Å². The van der Waals surface area contributed by atoms with Crippen molar-refractivity contribution in [3.8, 4) is 0 Å². The summed E-state index contributed by atoms with van der Waals surface area (Å²) >= 11 is 0. The van der Waals surface area contributed by atoms with Crippen molar-refractivity contribution in [1.29, 1.82) is 0 Å². The molecule has 7 nitrogen and oxygen atoms in total. The lowest BCUT2D eigenvalue weighted by Gasteiger charge is -2.38. The first-order valence-corrected chi connectivity index (χ1v) is 6.79. The zero-order chi connectivity index (χ0) is 13.8. The van der Waals surface area contributed by atoms with Crippen molar-refractivity contribution >= 4 is 5.91 Å². The molecule has 2 N–H and O–H groups in total. The molecule has 0 bridgehead atoms. The summed E-state index contributed by atoms with van der Waals surface area (Å²) in [6.07, 6.45) is 1.67. The average Bonchev–Trinajstić information content (AvgIpc) is 2.87. The molecule has 1 atom stereocenters. The van der Waals surface area contributed by atoms with Crippen molar-refractivity contribution in [2.45, 2.75) is 26.4 Å². The van der Waals surface area contributed by atoms with E-state index in [1.54, 1.807) is 10.9 Å². The van der Waals surface area contributed by atoms with Crippen LogP contribution in [0, 0.1) is 0 Å². The molecule has 1 aliphatic rings. The molecule has 0 radical (unpaired) electrons. The topological polar surface area (TPSA) is 80.3 Å². The number of amides is 1. The molecular weight excluding hydrogens is 244 g/mol. The number of nitrogens with zero attached hydrogens (tertiary/aromatic N) is 5. The van der Waals surface area contributed by atoms with Gasteiger partial charge in [-0.25, -0.2) is 0 Å². The zero-order valence-corrected chi connectivity index (χ0v) is 11.6. The van der Waals surface area contributed by atoms with Crippen molar-refractivity contribution in [3.63, 3.8) is 0 Å². The molecule has 1 aliphatic heterocycles. The van der Waals surface area contributed by atoms with Gasteiger partial charge in [-0.05, 0) is 13.5 Å². The largest absolute Gasteiger partial charge is 0.334 e. The van der Waals surface area contributed by atoms with E-state index in [1.165, 1.54) is 0 Å². The van der Waals surface area contributed by atoms with Crippen molar-refractivity contribution in [1.82, 2.24) is 24.8 Å². The van der Waals surface area contributed by atoms with Crippen LogP contribution in [0.5, 0.6) is 0 Å². The quantitative estimate of drug-likeness (QED) is 0.787. The number of likely N-dealkylation sites (N-methyl/N-ethyl adjacent to an activating group) is 1. The summed E-state index contributed by atoms with van der Waals surface area (Å²) in [5.41, 5.74) is 5.86. The van der Waals surface area contributed by atoms with E-state index in [4.69, 9.17) is 5.73 Å². The summed E-state index contributed by atoms with van der Waals surface area (Å²) < 4.78 is 1.61. The van der Waals surface area contributed by atoms with Gasteiger partial charge in [0.1, 0.15) is 0 Å². The number of hydrogen-bond donors (Lipinski definition) is 1. The summed E-state index contributed by atoms with van der Waals surface area (Å²) in [5.74, 6) is -0.0362. The van der Waals surface area contributed by atoms with Gasteiger partial charge in [0.25, 0.3) is 5.91 Å². The Labute approximate surface area is 113 Å². The highest BCUT2D eigenvalue weighted by Gasteiger charge is 2.27. The zero-order valence-electron chi connectivity index (χ0n) is 11.6. The molecule has 1 aromatic heterocycles. The summed E-state index contributed by atoms with van der Waals surface area (Å²) in [6, 6.07) is 0.391. The van der Waals surface area contributed by atoms with Crippen molar-refractivity contribution in [2.24, 2.45) is 5.73 Å². The second-order valence-electron chi connectivity index (χ2n) is 4.88. The Morgan fingerprint density at radius 3 is 2.95 bits per heavy atom. The number of carbonyl (C=O) groups excluding carboxylic acids is 1. The Bertz CT molecular complexity index is 432. The van der Waals surface area contributed by atoms with E-state index in [9.17, 15) is 4.79 Å². The molecule has 1 saturated heterocycles. The number of carbonyl (C=O) groups is 1. The van der Waals surface area contributed by atoms with Gasteiger partial charge in [-0.2, -0.15) is 0 Å². The van der Waals surface area contributed by atoms with Gasteiger partial charge in [0.2, 0.25) is 0 Å². The van der Waals surface area contributed by atoms with E-state index in [-0.39, 0.29) is 5.91 Å². The molecule has 1 aromatic rings. The maximum absolute atomic E-state index is 12.3. The number of hydrogen-bond acceptors (Lipinski definition) is 5. The Balaban J connectivity index is 1.99.